The lowest BCUT2D eigenvalue weighted by Crippen LogP contribution is -2.05. The van der Waals surface area contributed by atoms with E-state index >= 15 is 0 Å². The van der Waals surface area contributed by atoms with Crippen molar-refractivity contribution in [2.24, 2.45) is 0 Å². The molecule has 0 aliphatic carbocycles. The lowest BCUT2D eigenvalue weighted by atomic mass is 10.0. The molecule has 0 fully saturated rings. The van der Waals surface area contributed by atoms with Crippen LogP contribution >= 0.6 is 11.6 Å². The Morgan fingerprint density at radius 1 is 1.26 bits per heavy atom. The van der Waals surface area contributed by atoms with Gasteiger partial charge in [-0.05, 0) is 36.1 Å². The minimum absolute atomic E-state index is 0.479. The van der Waals surface area contributed by atoms with Gasteiger partial charge in [-0.2, -0.15) is 0 Å². The summed E-state index contributed by atoms with van der Waals surface area (Å²) in [6, 6.07) is 9.72. The Morgan fingerprint density at radius 2 is 2.05 bits per heavy atom. The van der Waals surface area contributed by atoms with Crippen LogP contribution in [0.5, 0.6) is 0 Å². The first-order valence-electron chi connectivity index (χ1n) is 6.48. The molecule has 0 radical (unpaired) electrons. The third kappa shape index (κ3) is 3.34. The van der Waals surface area contributed by atoms with Gasteiger partial charge in [-0.1, -0.05) is 42.8 Å². The summed E-state index contributed by atoms with van der Waals surface area (Å²) in [5, 5.41) is 10.9. The molecule has 1 heterocycles. The summed E-state index contributed by atoms with van der Waals surface area (Å²) < 4.78 is 0. The third-order valence-corrected chi connectivity index (χ3v) is 3.79. The Hall–Kier alpha value is -1.38. The fraction of sp³-hybridized carbons (Fsp3) is 0.312. The van der Waals surface area contributed by atoms with E-state index in [1.54, 1.807) is 0 Å². The van der Waals surface area contributed by atoms with E-state index in [1.165, 1.54) is 5.56 Å². The highest BCUT2D eigenvalue weighted by Crippen LogP contribution is 2.27. The molecule has 2 aromatic rings. The number of aliphatic hydroxyl groups is 1. The average Bonchev–Trinajstić information content (AvgIpc) is 2.42. The highest BCUT2D eigenvalue weighted by atomic mass is 35.5. The van der Waals surface area contributed by atoms with Gasteiger partial charge < -0.3 is 5.11 Å². The number of halogens is 1. The number of benzene rings is 1. The topological polar surface area (TPSA) is 33.1 Å². The fourth-order valence-electron chi connectivity index (χ4n) is 2.02. The van der Waals surface area contributed by atoms with Gasteiger partial charge in [-0.3, -0.25) is 4.98 Å². The molecular formula is C16H18ClNO. The van der Waals surface area contributed by atoms with Gasteiger partial charge >= 0.3 is 0 Å². The lowest BCUT2D eigenvalue weighted by Gasteiger charge is -2.13. The molecule has 0 saturated heterocycles. The second kappa shape index (κ2) is 6.18. The molecule has 0 bridgehead atoms. The predicted octanol–water partition coefficient (Wildman–Crippen LogP) is 3.88. The highest BCUT2D eigenvalue weighted by Gasteiger charge is 2.14. The Bertz CT molecular complexity index is 551. The van der Waals surface area contributed by atoms with Crippen molar-refractivity contribution in [1.29, 1.82) is 0 Å². The summed E-state index contributed by atoms with van der Waals surface area (Å²) in [5.41, 5.74) is 3.82. The number of aromatic nitrogens is 1. The van der Waals surface area contributed by atoms with Gasteiger partial charge in [0.25, 0.3) is 0 Å². The fourth-order valence-corrected chi connectivity index (χ4v) is 2.27. The van der Waals surface area contributed by atoms with Crippen molar-refractivity contribution in [1.82, 2.24) is 4.98 Å². The van der Waals surface area contributed by atoms with Crippen molar-refractivity contribution in [2.45, 2.75) is 32.8 Å². The maximum atomic E-state index is 10.3. The number of aliphatic hydroxyl groups excluding tert-OH is 1. The number of pyridine rings is 1. The molecule has 0 amide bonds. The quantitative estimate of drug-likeness (QED) is 0.918. The third-order valence-electron chi connectivity index (χ3n) is 3.28. The molecule has 0 aliphatic heterocycles. The van der Waals surface area contributed by atoms with Gasteiger partial charge in [0, 0.05) is 23.3 Å². The molecule has 100 valence electrons. The van der Waals surface area contributed by atoms with E-state index in [1.807, 2.05) is 43.5 Å². The van der Waals surface area contributed by atoms with Crippen LogP contribution in [0.2, 0.25) is 5.02 Å². The number of rotatable bonds is 4. The first kappa shape index (κ1) is 14.0. The molecule has 2 nitrogen and oxygen atoms in total. The average molecular weight is 276 g/mol. The second-order valence-corrected chi connectivity index (χ2v) is 5.09. The zero-order valence-electron chi connectivity index (χ0n) is 11.2. The summed E-state index contributed by atoms with van der Waals surface area (Å²) >= 11 is 6.22. The smallest absolute Gasteiger partial charge is 0.0859 e. The van der Waals surface area contributed by atoms with Crippen molar-refractivity contribution in [2.75, 3.05) is 0 Å². The van der Waals surface area contributed by atoms with Crippen molar-refractivity contribution in [3.8, 4) is 0 Å². The van der Waals surface area contributed by atoms with Crippen LogP contribution < -0.4 is 0 Å². The maximum absolute atomic E-state index is 10.3. The highest BCUT2D eigenvalue weighted by molar-refractivity contribution is 6.32. The number of hydrogen-bond donors (Lipinski definition) is 1. The van der Waals surface area contributed by atoms with Crippen LogP contribution in [-0.2, 0) is 12.8 Å². The largest absolute Gasteiger partial charge is 0.388 e. The van der Waals surface area contributed by atoms with Gasteiger partial charge in [0.2, 0.25) is 0 Å². The van der Waals surface area contributed by atoms with Crippen LogP contribution in [0.1, 0.15) is 35.4 Å². The zero-order chi connectivity index (χ0) is 13.8. The van der Waals surface area contributed by atoms with Crippen molar-refractivity contribution in [3.05, 3.63) is 63.9 Å². The summed E-state index contributed by atoms with van der Waals surface area (Å²) in [5.74, 6) is 0. The summed E-state index contributed by atoms with van der Waals surface area (Å²) in [6.45, 7) is 4.03. The summed E-state index contributed by atoms with van der Waals surface area (Å²) in [4.78, 5) is 4.36. The van der Waals surface area contributed by atoms with Crippen molar-refractivity contribution >= 4 is 11.6 Å². The molecule has 1 aromatic carbocycles. The van der Waals surface area contributed by atoms with Gasteiger partial charge in [-0.15, -0.1) is 0 Å². The standard InChI is InChI=1S/C16H18ClNO/c1-3-12-7-8-13(18-10-12)9-15(19)14-6-4-5-11(2)16(14)17/h4-8,10,15,19H,3,9H2,1-2H3. The minimum Gasteiger partial charge on any atom is -0.388 e. The zero-order valence-corrected chi connectivity index (χ0v) is 12.0. The van der Waals surface area contributed by atoms with Crippen LogP contribution in [0.4, 0.5) is 0 Å². The molecular weight excluding hydrogens is 258 g/mol. The first-order valence-corrected chi connectivity index (χ1v) is 6.86. The number of nitrogens with zero attached hydrogens (tertiary/aromatic N) is 1. The van der Waals surface area contributed by atoms with E-state index in [9.17, 15) is 5.11 Å². The molecule has 1 atom stereocenters. The Morgan fingerprint density at radius 3 is 2.68 bits per heavy atom. The van der Waals surface area contributed by atoms with E-state index in [4.69, 9.17) is 11.6 Å². The van der Waals surface area contributed by atoms with Crippen LogP contribution in [0.15, 0.2) is 36.5 Å². The van der Waals surface area contributed by atoms with Gasteiger partial charge in [0.15, 0.2) is 0 Å². The van der Waals surface area contributed by atoms with E-state index in [-0.39, 0.29) is 0 Å². The second-order valence-electron chi connectivity index (χ2n) is 4.71. The van der Waals surface area contributed by atoms with E-state index in [0.717, 1.165) is 23.2 Å². The lowest BCUT2D eigenvalue weighted by molar-refractivity contribution is 0.177. The molecule has 0 saturated carbocycles. The molecule has 19 heavy (non-hydrogen) atoms. The van der Waals surface area contributed by atoms with Gasteiger partial charge in [-0.25, -0.2) is 0 Å². The summed E-state index contributed by atoms with van der Waals surface area (Å²) in [7, 11) is 0. The van der Waals surface area contributed by atoms with E-state index < -0.39 is 6.10 Å². The maximum Gasteiger partial charge on any atom is 0.0859 e. The number of aryl methyl sites for hydroxylation is 2. The van der Waals surface area contributed by atoms with Crippen LogP contribution in [0.25, 0.3) is 0 Å². The Balaban J connectivity index is 2.15. The van der Waals surface area contributed by atoms with Crippen molar-refractivity contribution in [3.63, 3.8) is 0 Å². The number of hydrogen-bond acceptors (Lipinski definition) is 2. The van der Waals surface area contributed by atoms with E-state index in [2.05, 4.69) is 11.9 Å². The molecule has 3 heteroatoms. The molecule has 1 unspecified atom stereocenters. The van der Waals surface area contributed by atoms with Gasteiger partial charge in [0.05, 0.1) is 6.10 Å². The van der Waals surface area contributed by atoms with Crippen molar-refractivity contribution < 1.29 is 5.11 Å². The molecule has 0 spiro atoms. The summed E-state index contributed by atoms with van der Waals surface area (Å²) in [6.07, 6.45) is 2.69. The van der Waals surface area contributed by atoms with Crippen LogP contribution in [0.3, 0.4) is 0 Å². The van der Waals surface area contributed by atoms with E-state index in [0.29, 0.717) is 11.4 Å². The normalized spacial score (nSPS) is 12.4. The Labute approximate surface area is 119 Å². The minimum atomic E-state index is -0.618. The predicted molar refractivity (Wildman–Crippen MR) is 78.5 cm³/mol. The molecule has 0 aliphatic rings. The van der Waals surface area contributed by atoms with Crippen LogP contribution in [0, 0.1) is 6.92 Å². The molecule has 1 aromatic heterocycles. The van der Waals surface area contributed by atoms with Gasteiger partial charge in [0.1, 0.15) is 0 Å². The Kier molecular flexibility index (Phi) is 4.56. The molecule has 1 N–H and O–H groups in total. The first-order chi connectivity index (χ1) is 9.11. The van der Waals surface area contributed by atoms with Crippen LogP contribution in [-0.4, -0.2) is 10.1 Å². The monoisotopic (exact) mass is 275 g/mol. The SMILES string of the molecule is CCc1ccc(CC(O)c2cccc(C)c2Cl)nc1. The molecule has 2 rings (SSSR count).